The first-order valence-electron chi connectivity index (χ1n) is 11.5. The number of alkyl halides is 3. The van der Waals surface area contributed by atoms with Gasteiger partial charge in [0.05, 0.1) is 43.1 Å². The highest BCUT2D eigenvalue weighted by Crippen LogP contribution is 2.32. The van der Waals surface area contributed by atoms with E-state index in [9.17, 15) is 13.2 Å². The molecular formula is C24H31F3N6O2. The largest absolute Gasteiger partial charge is 0.497 e. The van der Waals surface area contributed by atoms with Gasteiger partial charge in [0.15, 0.2) is 0 Å². The minimum Gasteiger partial charge on any atom is -0.497 e. The third kappa shape index (κ3) is 5.95. The summed E-state index contributed by atoms with van der Waals surface area (Å²) in [5.74, 6) is 1.49. The van der Waals surface area contributed by atoms with Crippen LogP contribution in [0.3, 0.4) is 0 Å². The van der Waals surface area contributed by atoms with Crippen molar-refractivity contribution in [3.8, 4) is 5.75 Å². The van der Waals surface area contributed by atoms with Gasteiger partial charge in [0.25, 0.3) is 6.43 Å². The van der Waals surface area contributed by atoms with Crippen molar-refractivity contribution in [2.45, 2.75) is 58.0 Å². The summed E-state index contributed by atoms with van der Waals surface area (Å²) in [4.78, 5) is 11.2. The lowest BCUT2D eigenvalue weighted by atomic mass is 10.0. The first kappa shape index (κ1) is 25.0. The molecule has 1 aromatic carbocycles. The maximum absolute atomic E-state index is 14.8. The summed E-state index contributed by atoms with van der Waals surface area (Å²) < 4.78 is 53.7. The first-order valence-corrected chi connectivity index (χ1v) is 11.5. The maximum atomic E-state index is 14.8. The maximum Gasteiger partial charge on any atom is 0.282 e. The van der Waals surface area contributed by atoms with Crippen LogP contribution in [-0.4, -0.2) is 57.8 Å². The van der Waals surface area contributed by atoms with Gasteiger partial charge in [0, 0.05) is 25.4 Å². The SMILES string of the molecule is COc1ccc2nc(NCc3cc(C(F)F)nn3C)nc(N3C[C@H](F)C[C@@H](OC(C)(C)C)C3)c2c1. The van der Waals surface area contributed by atoms with Gasteiger partial charge in [-0.3, -0.25) is 4.68 Å². The summed E-state index contributed by atoms with van der Waals surface area (Å²) in [7, 11) is 3.18. The van der Waals surface area contributed by atoms with Crippen molar-refractivity contribution in [2.24, 2.45) is 7.05 Å². The number of benzene rings is 1. The molecule has 2 atom stereocenters. The Morgan fingerprint density at radius 1 is 1.17 bits per heavy atom. The molecule has 1 aliphatic heterocycles. The molecule has 1 N–H and O–H groups in total. The Labute approximate surface area is 202 Å². The predicted octanol–water partition coefficient (Wildman–Crippen LogP) is 4.65. The van der Waals surface area contributed by atoms with E-state index in [-0.39, 0.29) is 24.9 Å². The zero-order valence-electron chi connectivity index (χ0n) is 20.6. The molecule has 0 spiro atoms. The number of hydrogen-bond donors (Lipinski definition) is 1. The fourth-order valence-electron chi connectivity index (χ4n) is 4.26. The highest BCUT2D eigenvalue weighted by molar-refractivity contribution is 5.91. The van der Waals surface area contributed by atoms with Crippen molar-refractivity contribution in [3.05, 3.63) is 35.7 Å². The van der Waals surface area contributed by atoms with E-state index in [1.165, 1.54) is 10.7 Å². The molecule has 0 bridgehead atoms. The van der Waals surface area contributed by atoms with Crippen LogP contribution < -0.4 is 15.0 Å². The minimum atomic E-state index is -2.65. The van der Waals surface area contributed by atoms with Gasteiger partial charge in [-0.25, -0.2) is 18.2 Å². The second-order valence-electron chi connectivity index (χ2n) is 9.68. The van der Waals surface area contributed by atoms with Crippen LogP contribution in [0.4, 0.5) is 24.9 Å². The zero-order chi connectivity index (χ0) is 25.3. The lowest BCUT2D eigenvalue weighted by Gasteiger charge is -2.38. The molecule has 3 aromatic rings. The van der Waals surface area contributed by atoms with E-state index in [0.717, 1.165) is 5.39 Å². The van der Waals surface area contributed by atoms with E-state index in [1.807, 2.05) is 37.8 Å². The van der Waals surface area contributed by atoms with Crippen LogP contribution in [0.15, 0.2) is 24.3 Å². The van der Waals surface area contributed by atoms with Crippen LogP contribution in [0.2, 0.25) is 0 Å². The predicted molar refractivity (Wildman–Crippen MR) is 128 cm³/mol. The number of methoxy groups -OCH3 is 1. The Hall–Kier alpha value is -3.08. The molecule has 4 rings (SSSR count). The number of aryl methyl sites for hydroxylation is 1. The third-order valence-electron chi connectivity index (χ3n) is 5.71. The Bertz CT molecular complexity index is 1180. The summed E-state index contributed by atoms with van der Waals surface area (Å²) in [6.45, 7) is 6.68. The Balaban J connectivity index is 1.67. The summed E-state index contributed by atoms with van der Waals surface area (Å²) in [6.07, 6.45) is -3.71. The van der Waals surface area contributed by atoms with Crippen LogP contribution in [0.25, 0.3) is 10.9 Å². The zero-order valence-corrected chi connectivity index (χ0v) is 20.6. The number of anilines is 2. The lowest BCUT2D eigenvalue weighted by molar-refractivity contribution is -0.0726. The van der Waals surface area contributed by atoms with Gasteiger partial charge in [0.1, 0.15) is 23.4 Å². The summed E-state index contributed by atoms with van der Waals surface area (Å²) >= 11 is 0. The van der Waals surface area contributed by atoms with Crippen LogP contribution in [0, 0.1) is 0 Å². The molecule has 0 amide bonds. The third-order valence-corrected chi connectivity index (χ3v) is 5.71. The number of ether oxygens (including phenoxy) is 2. The van der Waals surface area contributed by atoms with E-state index >= 15 is 0 Å². The molecule has 11 heteroatoms. The van der Waals surface area contributed by atoms with Crippen molar-refractivity contribution < 1.29 is 22.6 Å². The molecule has 3 heterocycles. The van der Waals surface area contributed by atoms with E-state index in [2.05, 4.69) is 15.4 Å². The van der Waals surface area contributed by atoms with E-state index in [4.69, 9.17) is 14.5 Å². The van der Waals surface area contributed by atoms with Gasteiger partial charge in [0.2, 0.25) is 5.95 Å². The number of nitrogens with zero attached hydrogens (tertiary/aromatic N) is 5. The Morgan fingerprint density at radius 3 is 2.60 bits per heavy atom. The minimum absolute atomic E-state index is 0.173. The standard InChI is InChI=1S/C24H31F3N6O2/c1-24(2,3)35-17-8-14(25)12-33(13-17)22-18-10-16(34-5)6-7-19(18)29-23(30-22)28-11-15-9-20(21(26)27)31-32(15)4/h6-7,9-10,14,17,21H,8,11-13H2,1-5H3,(H,28,29,30)/t14-,17-/m1/s1. The number of piperidine rings is 1. The molecule has 1 aliphatic rings. The molecule has 2 aromatic heterocycles. The molecule has 0 aliphatic carbocycles. The van der Waals surface area contributed by atoms with Crippen LogP contribution in [0.1, 0.15) is 45.0 Å². The van der Waals surface area contributed by atoms with Gasteiger partial charge in [-0.05, 0) is 45.0 Å². The van der Waals surface area contributed by atoms with Gasteiger partial charge >= 0.3 is 0 Å². The molecule has 0 saturated carbocycles. The molecule has 0 unspecified atom stereocenters. The van der Waals surface area contributed by atoms with Crippen molar-refractivity contribution in [1.29, 1.82) is 0 Å². The van der Waals surface area contributed by atoms with E-state index in [0.29, 0.717) is 41.7 Å². The molecular weight excluding hydrogens is 461 g/mol. The Kier molecular flexibility index (Phi) is 7.07. The average Bonchev–Trinajstić information content (AvgIpc) is 3.16. The normalized spacial score (nSPS) is 18.9. The highest BCUT2D eigenvalue weighted by atomic mass is 19.3. The van der Waals surface area contributed by atoms with E-state index < -0.39 is 18.2 Å². The quantitative estimate of drug-likeness (QED) is 0.514. The van der Waals surface area contributed by atoms with Crippen molar-refractivity contribution >= 4 is 22.7 Å². The van der Waals surface area contributed by atoms with Gasteiger partial charge < -0.3 is 19.7 Å². The average molecular weight is 493 g/mol. The molecule has 35 heavy (non-hydrogen) atoms. The van der Waals surface area contributed by atoms with Crippen LogP contribution in [0.5, 0.6) is 5.75 Å². The molecule has 1 fully saturated rings. The van der Waals surface area contributed by atoms with Crippen molar-refractivity contribution in [3.63, 3.8) is 0 Å². The molecule has 0 radical (unpaired) electrons. The van der Waals surface area contributed by atoms with Crippen molar-refractivity contribution in [1.82, 2.24) is 19.7 Å². The highest BCUT2D eigenvalue weighted by Gasteiger charge is 2.32. The second-order valence-corrected chi connectivity index (χ2v) is 9.68. The fraction of sp³-hybridized carbons (Fsp3) is 0.542. The van der Waals surface area contributed by atoms with Crippen molar-refractivity contribution in [2.75, 3.05) is 30.4 Å². The van der Waals surface area contributed by atoms with Crippen LogP contribution in [-0.2, 0) is 18.3 Å². The van der Waals surface area contributed by atoms with Gasteiger partial charge in [-0.1, -0.05) is 0 Å². The summed E-state index contributed by atoms with van der Waals surface area (Å²) in [5, 5.41) is 7.66. The smallest absolute Gasteiger partial charge is 0.282 e. The van der Waals surface area contributed by atoms with Gasteiger partial charge in [-0.2, -0.15) is 10.1 Å². The number of aromatic nitrogens is 4. The first-order chi connectivity index (χ1) is 16.5. The number of fused-ring (bicyclic) bond motifs is 1. The van der Waals surface area contributed by atoms with Crippen LogP contribution >= 0.6 is 0 Å². The Morgan fingerprint density at radius 2 is 1.94 bits per heavy atom. The molecule has 8 nitrogen and oxygen atoms in total. The summed E-state index contributed by atoms with van der Waals surface area (Å²) in [5.41, 5.74) is 0.507. The number of halogens is 3. The molecule has 190 valence electrons. The lowest BCUT2D eigenvalue weighted by Crippen LogP contribution is -2.48. The van der Waals surface area contributed by atoms with E-state index in [1.54, 1.807) is 20.2 Å². The number of nitrogens with one attached hydrogen (secondary N) is 1. The second kappa shape index (κ2) is 9.88. The van der Waals surface area contributed by atoms with Gasteiger partial charge in [-0.15, -0.1) is 0 Å². The monoisotopic (exact) mass is 492 g/mol. The molecule has 1 saturated heterocycles. The number of hydrogen-bond acceptors (Lipinski definition) is 7. The summed E-state index contributed by atoms with van der Waals surface area (Å²) in [6, 6.07) is 6.77. The number of rotatable bonds is 7. The topological polar surface area (TPSA) is 77.3 Å². The fourth-order valence-corrected chi connectivity index (χ4v) is 4.26.